The SMILES string of the molecule is O=c1[nH]c(=O)n(CC2CO2)n1CC1CO1. The van der Waals surface area contributed by atoms with Gasteiger partial charge in [-0.2, -0.15) is 0 Å². The van der Waals surface area contributed by atoms with Crippen LogP contribution in [0.5, 0.6) is 0 Å². The minimum Gasteiger partial charge on any atom is -0.371 e. The van der Waals surface area contributed by atoms with Crippen molar-refractivity contribution in [2.75, 3.05) is 13.2 Å². The first-order chi connectivity index (χ1) is 7.24. The number of hydrogen-bond acceptors (Lipinski definition) is 4. The topological polar surface area (TPSA) is 84.8 Å². The number of ether oxygens (including phenoxy) is 2. The molecule has 0 aromatic carbocycles. The number of nitrogens with one attached hydrogen (secondary N) is 1. The molecule has 7 nitrogen and oxygen atoms in total. The molecule has 2 fully saturated rings. The average molecular weight is 213 g/mol. The number of rotatable bonds is 4. The first-order valence-electron chi connectivity index (χ1n) is 4.87. The summed E-state index contributed by atoms with van der Waals surface area (Å²) in [7, 11) is 0. The molecule has 1 aromatic rings. The van der Waals surface area contributed by atoms with Gasteiger partial charge in [-0.1, -0.05) is 0 Å². The predicted octanol–water partition coefficient (Wildman–Crippen LogP) is -1.86. The van der Waals surface area contributed by atoms with E-state index in [2.05, 4.69) is 4.98 Å². The Bertz CT molecular complexity index is 434. The Kier molecular flexibility index (Phi) is 1.83. The van der Waals surface area contributed by atoms with Crippen molar-refractivity contribution in [3.63, 3.8) is 0 Å². The quantitative estimate of drug-likeness (QED) is 0.594. The van der Waals surface area contributed by atoms with Gasteiger partial charge >= 0.3 is 11.4 Å². The molecular weight excluding hydrogens is 202 g/mol. The Morgan fingerprint density at radius 1 is 1.07 bits per heavy atom. The first-order valence-corrected chi connectivity index (χ1v) is 4.87. The molecule has 2 aliphatic rings. The van der Waals surface area contributed by atoms with Gasteiger partial charge < -0.3 is 9.47 Å². The summed E-state index contributed by atoms with van der Waals surface area (Å²) in [6.07, 6.45) is 0.147. The molecule has 82 valence electrons. The van der Waals surface area contributed by atoms with E-state index in [1.807, 2.05) is 0 Å². The van der Waals surface area contributed by atoms with Crippen LogP contribution in [0.15, 0.2) is 9.59 Å². The minimum atomic E-state index is -0.379. The van der Waals surface area contributed by atoms with Gasteiger partial charge in [-0.25, -0.2) is 19.0 Å². The van der Waals surface area contributed by atoms with Crippen LogP contribution in [0.2, 0.25) is 0 Å². The lowest BCUT2D eigenvalue weighted by Gasteiger charge is -2.05. The van der Waals surface area contributed by atoms with Gasteiger partial charge in [0.2, 0.25) is 0 Å². The summed E-state index contributed by atoms with van der Waals surface area (Å²) < 4.78 is 12.8. The molecule has 0 amide bonds. The van der Waals surface area contributed by atoms with Gasteiger partial charge in [-0.3, -0.25) is 4.98 Å². The van der Waals surface area contributed by atoms with E-state index in [0.29, 0.717) is 26.3 Å². The molecule has 1 N–H and O–H groups in total. The van der Waals surface area contributed by atoms with Crippen molar-refractivity contribution < 1.29 is 9.47 Å². The standard InChI is InChI=1S/C8H11N3O4/c12-7-9-8(13)11(2-6-4-15-6)10(7)1-5-3-14-5/h5-6H,1-4H2,(H,9,12,13). The minimum absolute atomic E-state index is 0.0734. The lowest BCUT2D eigenvalue weighted by atomic mass is 10.5. The maximum Gasteiger partial charge on any atom is 0.344 e. The molecule has 7 heteroatoms. The third-order valence-corrected chi connectivity index (χ3v) is 2.53. The molecule has 0 bridgehead atoms. The summed E-state index contributed by atoms with van der Waals surface area (Å²) in [5.74, 6) is 0. The highest BCUT2D eigenvalue weighted by Crippen LogP contribution is 2.12. The van der Waals surface area contributed by atoms with Gasteiger partial charge in [0, 0.05) is 0 Å². The lowest BCUT2D eigenvalue weighted by molar-refractivity contribution is 0.314. The van der Waals surface area contributed by atoms with E-state index in [1.165, 1.54) is 9.36 Å². The van der Waals surface area contributed by atoms with E-state index in [0.717, 1.165) is 0 Å². The molecule has 15 heavy (non-hydrogen) atoms. The Balaban J connectivity index is 1.92. The van der Waals surface area contributed by atoms with Gasteiger partial charge in [-0.15, -0.1) is 0 Å². The fraction of sp³-hybridized carbons (Fsp3) is 0.750. The van der Waals surface area contributed by atoms with Crippen molar-refractivity contribution in [1.82, 2.24) is 14.3 Å². The van der Waals surface area contributed by atoms with E-state index in [9.17, 15) is 9.59 Å². The summed E-state index contributed by atoms with van der Waals surface area (Å²) in [6.45, 7) is 2.19. The normalized spacial score (nSPS) is 28.0. The molecule has 2 aliphatic heterocycles. The van der Waals surface area contributed by atoms with Crippen LogP contribution < -0.4 is 11.4 Å². The zero-order valence-electron chi connectivity index (χ0n) is 8.01. The maximum absolute atomic E-state index is 11.4. The molecular formula is C8H11N3O4. The largest absolute Gasteiger partial charge is 0.371 e. The van der Waals surface area contributed by atoms with Crippen LogP contribution in [0.1, 0.15) is 0 Å². The van der Waals surface area contributed by atoms with E-state index in [4.69, 9.17) is 9.47 Å². The van der Waals surface area contributed by atoms with E-state index >= 15 is 0 Å². The first kappa shape index (κ1) is 8.93. The van der Waals surface area contributed by atoms with E-state index in [-0.39, 0.29) is 23.6 Å². The van der Waals surface area contributed by atoms with E-state index < -0.39 is 0 Å². The maximum atomic E-state index is 11.4. The van der Waals surface area contributed by atoms with Crippen LogP contribution >= 0.6 is 0 Å². The summed E-state index contributed by atoms with van der Waals surface area (Å²) in [5, 5.41) is 0. The Labute approximate surface area is 84.2 Å². The van der Waals surface area contributed by atoms with Gasteiger partial charge in [0.25, 0.3) is 0 Å². The molecule has 0 saturated carbocycles. The van der Waals surface area contributed by atoms with Crippen molar-refractivity contribution in [2.45, 2.75) is 25.3 Å². The monoisotopic (exact) mass is 213 g/mol. The third-order valence-electron chi connectivity index (χ3n) is 2.53. The summed E-state index contributed by atoms with van der Waals surface area (Å²) >= 11 is 0. The molecule has 2 unspecified atom stereocenters. The second kappa shape index (κ2) is 3.07. The molecule has 0 radical (unpaired) electrons. The summed E-state index contributed by atoms with van der Waals surface area (Å²) in [4.78, 5) is 25.1. The van der Waals surface area contributed by atoms with Crippen molar-refractivity contribution in [3.8, 4) is 0 Å². The predicted molar refractivity (Wildman–Crippen MR) is 48.8 cm³/mol. The summed E-state index contributed by atoms with van der Waals surface area (Å²) in [5.41, 5.74) is -0.757. The number of epoxide rings is 2. The highest BCUT2D eigenvalue weighted by Gasteiger charge is 2.29. The van der Waals surface area contributed by atoms with E-state index in [1.54, 1.807) is 0 Å². The fourth-order valence-corrected chi connectivity index (χ4v) is 1.54. The lowest BCUT2D eigenvalue weighted by Crippen LogP contribution is -2.30. The van der Waals surface area contributed by atoms with Gasteiger partial charge in [-0.05, 0) is 0 Å². The molecule has 0 spiro atoms. The van der Waals surface area contributed by atoms with Crippen LogP contribution in [0, 0.1) is 0 Å². The Hall–Kier alpha value is -1.34. The number of hydrogen-bond donors (Lipinski definition) is 1. The molecule has 3 heterocycles. The second-order valence-corrected chi connectivity index (χ2v) is 3.81. The molecule has 3 rings (SSSR count). The van der Waals surface area contributed by atoms with Crippen LogP contribution in [0.3, 0.4) is 0 Å². The Morgan fingerprint density at radius 2 is 1.47 bits per heavy atom. The van der Waals surface area contributed by atoms with Gasteiger partial charge in [0.05, 0.1) is 26.3 Å². The van der Waals surface area contributed by atoms with Crippen LogP contribution in [-0.2, 0) is 22.6 Å². The van der Waals surface area contributed by atoms with Gasteiger partial charge in [0.1, 0.15) is 12.2 Å². The molecule has 2 saturated heterocycles. The smallest absolute Gasteiger partial charge is 0.344 e. The molecule has 0 aliphatic carbocycles. The highest BCUT2D eigenvalue weighted by atomic mass is 16.6. The van der Waals surface area contributed by atoms with Crippen molar-refractivity contribution in [3.05, 3.63) is 21.0 Å². The van der Waals surface area contributed by atoms with Crippen molar-refractivity contribution >= 4 is 0 Å². The van der Waals surface area contributed by atoms with Crippen LogP contribution in [-0.4, -0.2) is 39.8 Å². The Morgan fingerprint density at radius 3 is 1.80 bits per heavy atom. The van der Waals surface area contributed by atoms with Crippen LogP contribution in [0.4, 0.5) is 0 Å². The highest BCUT2D eigenvalue weighted by molar-refractivity contribution is 4.78. The molecule has 1 aromatic heterocycles. The fourth-order valence-electron chi connectivity index (χ4n) is 1.54. The van der Waals surface area contributed by atoms with Crippen molar-refractivity contribution in [2.24, 2.45) is 0 Å². The zero-order chi connectivity index (χ0) is 10.4. The zero-order valence-corrected chi connectivity index (χ0v) is 8.01. The third kappa shape index (κ3) is 1.75. The van der Waals surface area contributed by atoms with Crippen LogP contribution in [0.25, 0.3) is 0 Å². The number of aromatic amines is 1. The summed E-state index contributed by atoms with van der Waals surface area (Å²) in [6, 6.07) is 0. The van der Waals surface area contributed by atoms with Gasteiger partial charge in [0.15, 0.2) is 0 Å². The second-order valence-electron chi connectivity index (χ2n) is 3.81. The number of nitrogens with zero attached hydrogens (tertiary/aromatic N) is 2. The van der Waals surface area contributed by atoms with Crippen molar-refractivity contribution in [1.29, 1.82) is 0 Å². The number of aromatic nitrogens is 3. The number of H-pyrrole nitrogens is 1. The average Bonchev–Trinajstić information content (AvgIpc) is 3.04. The molecule has 2 atom stereocenters.